The number of nitrogens with zero attached hydrogens (tertiary/aromatic N) is 2. The van der Waals surface area contributed by atoms with Crippen LogP contribution in [-0.2, 0) is 18.3 Å². The van der Waals surface area contributed by atoms with Gasteiger partial charge in [0.1, 0.15) is 17.7 Å². The number of hydrogen-bond acceptors (Lipinski definition) is 2. The lowest BCUT2D eigenvalue weighted by molar-refractivity contribution is -0.121. The van der Waals surface area contributed by atoms with Crippen LogP contribution in [0.5, 0.6) is 0 Å². The molecule has 2 aromatic carbocycles. The van der Waals surface area contributed by atoms with E-state index < -0.39 is 0 Å². The van der Waals surface area contributed by atoms with E-state index in [1.165, 1.54) is 12.1 Å². The van der Waals surface area contributed by atoms with Crippen LogP contribution in [0.1, 0.15) is 29.4 Å². The molecule has 1 aromatic heterocycles. The minimum Gasteiger partial charge on any atom is -0.342 e. The smallest absolute Gasteiger partial charge is 0.221 e. The molecule has 25 heavy (non-hydrogen) atoms. The van der Waals surface area contributed by atoms with Crippen LogP contribution in [0.25, 0.3) is 0 Å². The van der Waals surface area contributed by atoms with Crippen molar-refractivity contribution in [2.75, 3.05) is 0 Å². The van der Waals surface area contributed by atoms with E-state index >= 15 is 0 Å². The number of hydrogen-bond donors (Lipinski definition) is 1. The first-order valence-corrected chi connectivity index (χ1v) is 8.19. The fraction of sp³-hybridized carbons (Fsp3) is 0.200. The van der Waals surface area contributed by atoms with Crippen molar-refractivity contribution in [2.45, 2.75) is 18.9 Å². The molecule has 3 rings (SSSR count). The van der Waals surface area contributed by atoms with Crippen molar-refractivity contribution in [1.82, 2.24) is 14.9 Å². The maximum Gasteiger partial charge on any atom is 0.221 e. The summed E-state index contributed by atoms with van der Waals surface area (Å²) in [6, 6.07) is 15.7. The molecule has 0 spiro atoms. The van der Waals surface area contributed by atoms with Crippen LogP contribution < -0.4 is 5.32 Å². The van der Waals surface area contributed by atoms with Crippen LogP contribution in [0.15, 0.2) is 67.0 Å². The molecule has 0 aliphatic carbocycles. The highest BCUT2D eigenvalue weighted by Gasteiger charge is 2.20. The van der Waals surface area contributed by atoms with E-state index in [4.69, 9.17) is 0 Å². The van der Waals surface area contributed by atoms with Gasteiger partial charge in [0.2, 0.25) is 5.91 Å². The quantitative estimate of drug-likeness (QED) is 0.749. The molecule has 0 saturated heterocycles. The summed E-state index contributed by atoms with van der Waals surface area (Å²) in [5.41, 5.74) is 1.91. The van der Waals surface area contributed by atoms with Crippen LogP contribution >= 0.6 is 0 Å². The van der Waals surface area contributed by atoms with Gasteiger partial charge in [-0.15, -0.1) is 0 Å². The summed E-state index contributed by atoms with van der Waals surface area (Å²) in [6.07, 6.45) is 4.47. The standard InChI is InChI=1S/C20H20FN3O/c1-24-14-13-22-20(24)19(16-5-3-2-4-6-16)23-18(25)12-9-15-7-10-17(21)11-8-15/h2-8,10-11,13-14,19H,9,12H2,1H3,(H,23,25)/t19-/m0/s1. The molecule has 0 saturated carbocycles. The zero-order valence-corrected chi connectivity index (χ0v) is 14.0. The van der Waals surface area contributed by atoms with Crippen molar-refractivity contribution in [3.05, 3.63) is 89.8 Å². The predicted molar refractivity (Wildman–Crippen MR) is 94.4 cm³/mol. The van der Waals surface area contributed by atoms with Gasteiger partial charge in [0.25, 0.3) is 0 Å². The van der Waals surface area contributed by atoms with Gasteiger partial charge < -0.3 is 9.88 Å². The molecule has 1 heterocycles. The normalized spacial score (nSPS) is 11.9. The zero-order chi connectivity index (χ0) is 17.6. The summed E-state index contributed by atoms with van der Waals surface area (Å²) in [4.78, 5) is 16.8. The van der Waals surface area contributed by atoms with Crippen molar-refractivity contribution < 1.29 is 9.18 Å². The largest absolute Gasteiger partial charge is 0.342 e. The van der Waals surface area contributed by atoms with E-state index in [1.807, 2.05) is 48.1 Å². The third-order valence-electron chi connectivity index (χ3n) is 4.11. The average molecular weight is 337 g/mol. The van der Waals surface area contributed by atoms with Gasteiger partial charge in [-0.05, 0) is 29.7 Å². The minimum atomic E-state index is -0.304. The van der Waals surface area contributed by atoms with E-state index in [2.05, 4.69) is 10.3 Å². The number of aromatic nitrogens is 2. The number of rotatable bonds is 6. The summed E-state index contributed by atoms with van der Waals surface area (Å²) in [5, 5.41) is 3.06. The molecule has 1 N–H and O–H groups in total. The number of amides is 1. The van der Waals surface area contributed by atoms with Crippen LogP contribution in [0, 0.1) is 5.82 Å². The molecular weight excluding hydrogens is 317 g/mol. The third kappa shape index (κ3) is 4.32. The molecule has 0 aliphatic heterocycles. The van der Waals surface area contributed by atoms with Gasteiger partial charge in [-0.2, -0.15) is 0 Å². The Morgan fingerprint density at radius 3 is 2.52 bits per heavy atom. The van der Waals surface area contributed by atoms with Crippen molar-refractivity contribution in [2.24, 2.45) is 7.05 Å². The number of imidazole rings is 1. The molecule has 1 amide bonds. The van der Waals surface area contributed by atoms with Crippen molar-refractivity contribution >= 4 is 5.91 Å². The van der Waals surface area contributed by atoms with E-state index in [-0.39, 0.29) is 17.8 Å². The van der Waals surface area contributed by atoms with Gasteiger partial charge >= 0.3 is 0 Å². The van der Waals surface area contributed by atoms with E-state index in [1.54, 1.807) is 18.3 Å². The van der Waals surface area contributed by atoms with Gasteiger partial charge in [0, 0.05) is 25.9 Å². The van der Waals surface area contributed by atoms with E-state index in [9.17, 15) is 9.18 Å². The Morgan fingerprint density at radius 2 is 1.88 bits per heavy atom. The number of aryl methyl sites for hydroxylation is 2. The first-order valence-electron chi connectivity index (χ1n) is 8.19. The first kappa shape index (κ1) is 16.9. The number of benzene rings is 2. The molecule has 4 nitrogen and oxygen atoms in total. The molecule has 128 valence electrons. The Kier molecular flexibility index (Phi) is 5.23. The average Bonchev–Trinajstić information content (AvgIpc) is 3.06. The van der Waals surface area contributed by atoms with Crippen molar-refractivity contribution in [3.63, 3.8) is 0 Å². The molecule has 3 aromatic rings. The fourth-order valence-corrected chi connectivity index (χ4v) is 2.74. The Bertz CT molecular complexity index is 828. The summed E-state index contributed by atoms with van der Waals surface area (Å²) in [5.74, 6) is 0.439. The Morgan fingerprint density at radius 1 is 1.16 bits per heavy atom. The lowest BCUT2D eigenvalue weighted by Gasteiger charge is -2.19. The first-order chi connectivity index (χ1) is 12.1. The molecule has 0 unspecified atom stereocenters. The van der Waals surface area contributed by atoms with Gasteiger partial charge in [0.05, 0.1) is 0 Å². The molecule has 0 radical (unpaired) electrons. The number of nitrogens with one attached hydrogen (secondary N) is 1. The summed E-state index contributed by atoms with van der Waals surface area (Å²) in [7, 11) is 1.91. The lowest BCUT2D eigenvalue weighted by atomic mass is 10.0. The highest BCUT2D eigenvalue weighted by atomic mass is 19.1. The zero-order valence-electron chi connectivity index (χ0n) is 14.0. The molecule has 0 aliphatic rings. The van der Waals surface area contributed by atoms with Gasteiger partial charge in [-0.1, -0.05) is 42.5 Å². The van der Waals surface area contributed by atoms with E-state index in [0.717, 1.165) is 17.0 Å². The fourth-order valence-electron chi connectivity index (χ4n) is 2.74. The Hall–Kier alpha value is -2.95. The molecular formula is C20H20FN3O. The second-order valence-corrected chi connectivity index (χ2v) is 5.93. The number of carbonyl (C=O) groups is 1. The third-order valence-corrected chi connectivity index (χ3v) is 4.11. The molecule has 0 bridgehead atoms. The highest BCUT2D eigenvalue weighted by molar-refractivity contribution is 5.77. The highest BCUT2D eigenvalue weighted by Crippen LogP contribution is 2.20. The second kappa shape index (κ2) is 7.75. The second-order valence-electron chi connectivity index (χ2n) is 5.93. The SMILES string of the molecule is Cn1ccnc1[C@@H](NC(=O)CCc1ccc(F)cc1)c1ccccc1. The predicted octanol–water partition coefficient (Wildman–Crippen LogP) is 3.40. The maximum absolute atomic E-state index is 13.0. The number of halogens is 1. The Balaban J connectivity index is 1.71. The molecule has 1 atom stereocenters. The van der Waals surface area contributed by atoms with Crippen LogP contribution in [0.3, 0.4) is 0 Å². The van der Waals surface area contributed by atoms with Crippen LogP contribution in [0.4, 0.5) is 4.39 Å². The van der Waals surface area contributed by atoms with Crippen molar-refractivity contribution in [1.29, 1.82) is 0 Å². The summed E-state index contributed by atoms with van der Waals surface area (Å²) >= 11 is 0. The van der Waals surface area contributed by atoms with Crippen LogP contribution in [0.2, 0.25) is 0 Å². The van der Waals surface area contributed by atoms with Gasteiger partial charge in [-0.25, -0.2) is 9.37 Å². The maximum atomic E-state index is 13.0. The topological polar surface area (TPSA) is 46.9 Å². The molecule has 5 heteroatoms. The van der Waals surface area contributed by atoms with Crippen LogP contribution in [-0.4, -0.2) is 15.5 Å². The summed E-state index contributed by atoms with van der Waals surface area (Å²) in [6.45, 7) is 0. The van der Waals surface area contributed by atoms with Gasteiger partial charge in [0.15, 0.2) is 0 Å². The van der Waals surface area contributed by atoms with E-state index in [0.29, 0.717) is 12.8 Å². The Labute approximate surface area is 146 Å². The minimum absolute atomic E-state index is 0.0684. The van der Waals surface area contributed by atoms with Crippen molar-refractivity contribution in [3.8, 4) is 0 Å². The lowest BCUT2D eigenvalue weighted by Crippen LogP contribution is -2.31. The van der Waals surface area contributed by atoms with Gasteiger partial charge in [-0.3, -0.25) is 4.79 Å². The monoisotopic (exact) mass is 337 g/mol. The molecule has 0 fully saturated rings. The number of carbonyl (C=O) groups excluding carboxylic acids is 1. The summed E-state index contributed by atoms with van der Waals surface area (Å²) < 4.78 is 14.9.